The second-order valence-corrected chi connectivity index (χ2v) is 9.97. The largest absolute Gasteiger partial charge is 0.495 e. The average molecular weight is 541 g/mol. The summed E-state index contributed by atoms with van der Waals surface area (Å²) in [4.78, 5) is 23.9. The Kier molecular flexibility index (Phi) is 7.88. The molecule has 0 aliphatic carbocycles. The van der Waals surface area contributed by atoms with Crippen LogP contribution in [0.5, 0.6) is 5.75 Å². The standard InChI is InChI=1S/C30H32N6O2S/c1-20-18-23(21(2)36(20)19-22-11-15-31-16-12-22)29-28(25-9-6-7-14-32-25)34-30(39)35(29)17-13-27(37)33-24-8-4-5-10-26(24)38-3/h4-12,14-16,18,28-29H,13,17,19H2,1-3H3,(H,33,37)(H,34,39)/t28-,29-/m1/s1. The Morgan fingerprint density at radius 2 is 1.85 bits per heavy atom. The Morgan fingerprint density at radius 1 is 1.08 bits per heavy atom. The molecule has 1 fully saturated rings. The van der Waals surface area contributed by atoms with E-state index in [-0.39, 0.29) is 24.4 Å². The van der Waals surface area contributed by atoms with Crippen LogP contribution in [-0.4, -0.2) is 44.1 Å². The van der Waals surface area contributed by atoms with Crippen LogP contribution in [0.3, 0.4) is 0 Å². The van der Waals surface area contributed by atoms with Gasteiger partial charge in [0.15, 0.2) is 5.11 Å². The highest BCUT2D eigenvalue weighted by atomic mass is 32.1. The van der Waals surface area contributed by atoms with Crippen LogP contribution in [0, 0.1) is 13.8 Å². The maximum atomic E-state index is 13.0. The second-order valence-electron chi connectivity index (χ2n) is 9.59. The number of hydrogen-bond acceptors (Lipinski definition) is 5. The summed E-state index contributed by atoms with van der Waals surface area (Å²) < 4.78 is 7.69. The molecule has 1 aliphatic rings. The van der Waals surface area contributed by atoms with Crippen LogP contribution in [0.4, 0.5) is 5.69 Å². The molecule has 1 aromatic carbocycles. The van der Waals surface area contributed by atoms with Gasteiger partial charge in [-0.3, -0.25) is 14.8 Å². The number of ether oxygens (including phenoxy) is 1. The number of aromatic nitrogens is 3. The van der Waals surface area contributed by atoms with E-state index in [0.717, 1.165) is 29.2 Å². The van der Waals surface area contributed by atoms with Crippen molar-refractivity contribution in [2.75, 3.05) is 19.0 Å². The summed E-state index contributed by atoms with van der Waals surface area (Å²) in [6, 6.07) is 19.3. The van der Waals surface area contributed by atoms with E-state index in [1.54, 1.807) is 13.3 Å². The molecule has 0 unspecified atom stereocenters. The van der Waals surface area contributed by atoms with Crippen LogP contribution in [0.25, 0.3) is 0 Å². The molecule has 1 saturated heterocycles. The Balaban J connectivity index is 1.43. The lowest BCUT2D eigenvalue weighted by Crippen LogP contribution is -2.33. The van der Waals surface area contributed by atoms with Crippen molar-refractivity contribution in [2.45, 2.75) is 38.9 Å². The van der Waals surface area contributed by atoms with Crippen molar-refractivity contribution in [3.05, 3.63) is 107 Å². The van der Waals surface area contributed by atoms with Gasteiger partial charge in [-0.1, -0.05) is 18.2 Å². The fourth-order valence-corrected chi connectivity index (χ4v) is 5.54. The quantitative estimate of drug-likeness (QED) is 0.291. The first-order chi connectivity index (χ1) is 19.0. The minimum atomic E-state index is -0.147. The minimum absolute atomic E-state index is 0.106. The smallest absolute Gasteiger partial charge is 0.226 e. The number of carbonyl (C=O) groups is 1. The van der Waals surface area contributed by atoms with E-state index < -0.39 is 0 Å². The van der Waals surface area contributed by atoms with Crippen LogP contribution in [-0.2, 0) is 11.3 Å². The molecule has 0 spiro atoms. The summed E-state index contributed by atoms with van der Waals surface area (Å²) in [7, 11) is 1.59. The third kappa shape index (κ3) is 5.63. The lowest BCUT2D eigenvalue weighted by Gasteiger charge is -2.28. The fraction of sp³-hybridized carbons (Fsp3) is 0.267. The molecule has 3 aromatic heterocycles. The molecule has 9 heteroatoms. The molecular weight excluding hydrogens is 508 g/mol. The first kappa shape index (κ1) is 26.4. The zero-order valence-electron chi connectivity index (χ0n) is 22.3. The number of amides is 1. The lowest BCUT2D eigenvalue weighted by atomic mass is 9.96. The Morgan fingerprint density at radius 3 is 2.59 bits per heavy atom. The summed E-state index contributed by atoms with van der Waals surface area (Å²) in [5, 5.41) is 7.08. The van der Waals surface area contributed by atoms with Crippen LogP contribution in [0.1, 0.15) is 46.7 Å². The first-order valence-electron chi connectivity index (χ1n) is 12.9. The van der Waals surface area contributed by atoms with Gasteiger partial charge in [-0.25, -0.2) is 0 Å². The van der Waals surface area contributed by atoms with Crippen LogP contribution < -0.4 is 15.4 Å². The number of anilines is 1. The molecule has 1 aliphatic heterocycles. The highest BCUT2D eigenvalue weighted by Gasteiger charge is 2.41. The van der Waals surface area contributed by atoms with Crippen molar-refractivity contribution in [3.63, 3.8) is 0 Å². The predicted molar refractivity (Wildman–Crippen MR) is 156 cm³/mol. The number of carbonyl (C=O) groups excluding carboxylic acids is 1. The van der Waals surface area contributed by atoms with Gasteiger partial charge >= 0.3 is 0 Å². The minimum Gasteiger partial charge on any atom is -0.495 e. The summed E-state index contributed by atoms with van der Waals surface area (Å²) in [6.45, 7) is 5.47. The molecule has 2 atom stereocenters. The lowest BCUT2D eigenvalue weighted by molar-refractivity contribution is -0.116. The molecule has 4 aromatic rings. The molecule has 0 saturated carbocycles. The third-order valence-electron chi connectivity index (χ3n) is 7.18. The van der Waals surface area contributed by atoms with E-state index in [2.05, 4.69) is 50.0 Å². The zero-order chi connectivity index (χ0) is 27.4. The van der Waals surface area contributed by atoms with Crippen molar-refractivity contribution >= 4 is 28.9 Å². The molecule has 0 radical (unpaired) electrons. The van der Waals surface area contributed by atoms with Crippen molar-refractivity contribution in [2.24, 2.45) is 0 Å². The highest BCUT2D eigenvalue weighted by molar-refractivity contribution is 7.80. The van der Waals surface area contributed by atoms with Gasteiger partial charge in [0.05, 0.1) is 30.6 Å². The Labute approximate surface area is 234 Å². The normalized spacial score (nSPS) is 16.7. The summed E-state index contributed by atoms with van der Waals surface area (Å²) in [6.07, 6.45) is 5.70. The summed E-state index contributed by atoms with van der Waals surface area (Å²) >= 11 is 5.83. The number of benzene rings is 1. The Hall–Kier alpha value is -4.24. The SMILES string of the molecule is COc1ccccc1NC(=O)CCN1C(=S)N[C@H](c2ccccn2)[C@H]1c1cc(C)n(Cc2ccncc2)c1C. The molecule has 1 amide bonds. The van der Waals surface area contributed by atoms with Gasteiger partial charge in [0.25, 0.3) is 0 Å². The molecule has 4 heterocycles. The maximum Gasteiger partial charge on any atom is 0.226 e. The van der Waals surface area contributed by atoms with Gasteiger partial charge in [-0.05, 0) is 79.7 Å². The molecular formula is C30H32N6O2S. The van der Waals surface area contributed by atoms with E-state index in [1.165, 1.54) is 5.56 Å². The predicted octanol–water partition coefficient (Wildman–Crippen LogP) is 4.95. The van der Waals surface area contributed by atoms with Crippen molar-refractivity contribution in [3.8, 4) is 5.75 Å². The van der Waals surface area contributed by atoms with Crippen LogP contribution >= 0.6 is 12.2 Å². The number of nitrogens with one attached hydrogen (secondary N) is 2. The number of pyridine rings is 2. The van der Waals surface area contributed by atoms with Crippen molar-refractivity contribution in [1.82, 2.24) is 24.8 Å². The van der Waals surface area contributed by atoms with Gasteiger partial charge in [0.2, 0.25) is 5.91 Å². The molecule has 8 nitrogen and oxygen atoms in total. The number of thiocarbonyl (C=S) groups is 1. The van der Waals surface area contributed by atoms with Crippen LogP contribution in [0.2, 0.25) is 0 Å². The first-order valence-corrected chi connectivity index (χ1v) is 13.3. The topological polar surface area (TPSA) is 84.3 Å². The number of methoxy groups -OCH3 is 1. The van der Waals surface area contributed by atoms with Gasteiger partial charge in [0.1, 0.15) is 5.75 Å². The molecule has 0 bridgehead atoms. The highest BCUT2D eigenvalue weighted by Crippen LogP contribution is 2.41. The zero-order valence-corrected chi connectivity index (χ0v) is 23.1. The van der Waals surface area contributed by atoms with Crippen molar-refractivity contribution < 1.29 is 9.53 Å². The van der Waals surface area contributed by atoms with E-state index in [9.17, 15) is 4.79 Å². The summed E-state index contributed by atoms with van der Waals surface area (Å²) in [5.41, 5.74) is 6.22. The van der Waals surface area contributed by atoms with Gasteiger partial charge in [-0.15, -0.1) is 0 Å². The molecule has 200 valence electrons. The molecule has 5 rings (SSSR count). The fourth-order valence-electron chi connectivity index (χ4n) is 5.21. The van der Waals surface area contributed by atoms with E-state index >= 15 is 0 Å². The summed E-state index contributed by atoms with van der Waals surface area (Å²) in [5.74, 6) is 0.518. The van der Waals surface area contributed by atoms with E-state index in [4.69, 9.17) is 17.0 Å². The number of aryl methyl sites for hydroxylation is 1. The molecule has 2 N–H and O–H groups in total. The maximum absolute atomic E-state index is 13.0. The van der Waals surface area contributed by atoms with E-state index in [1.807, 2.05) is 67.0 Å². The van der Waals surface area contributed by atoms with Crippen molar-refractivity contribution in [1.29, 1.82) is 0 Å². The van der Waals surface area contributed by atoms with E-state index in [0.29, 0.717) is 23.1 Å². The number of nitrogens with zero attached hydrogens (tertiary/aromatic N) is 4. The number of para-hydroxylation sites is 2. The van der Waals surface area contributed by atoms with Gasteiger partial charge in [-0.2, -0.15) is 0 Å². The van der Waals surface area contributed by atoms with Gasteiger partial charge in [0, 0.05) is 49.5 Å². The van der Waals surface area contributed by atoms with Crippen LogP contribution in [0.15, 0.2) is 79.3 Å². The number of hydrogen-bond donors (Lipinski definition) is 2. The molecule has 39 heavy (non-hydrogen) atoms. The third-order valence-corrected chi connectivity index (χ3v) is 7.53. The van der Waals surface area contributed by atoms with Gasteiger partial charge < -0.3 is 24.8 Å². The second kappa shape index (κ2) is 11.7. The monoisotopic (exact) mass is 540 g/mol. The average Bonchev–Trinajstić information content (AvgIpc) is 3.43. The Bertz CT molecular complexity index is 1460. The number of rotatable bonds is 9.